The van der Waals surface area contributed by atoms with Gasteiger partial charge in [-0.3, -0.25) is 0 Å². The predicted octanol–water partition coefficient (Wildman–Crippen LogP) is 1.64. The third-order valence-electron chi connectivity index (χ3n) is 3.82. The molecule has 2 heterocycles. The molecule has 1 aromatic heterocycles. The van der Waals surface area contributed by atoms with Gasteiger partial charge in [-0.1, -0.05) is 6.07 Å². The molecule has 116 valence electrons. The zero-order chi connectivity index (χ0) is 15.2. The molecule has 1 atom stereocenters. The highest BCUT2D eigenvalue weighted by molar-refractivity contribution is 5.68. The predicted molar refractivity (Wildman–Crippen MR) is 82.5 cm³/mol. The van der Waals surface area contributed by atoms with Crippen molar-refractivity contribution in [1.82, 2.24) is 15.2 Å². The number of anilines is 1. The molecule has 1 aliphatic rings. The fraction of sp³-hybridized carbons (Fsp3) is 0.600. The van der Waals surface area contributed by atoms with Gasteiger partial charge in [0, 0.05) is 44.0 Å². The number of pyridine rings is 1. The highest BCUT2D eigenvalue weighted by Crippen LogP contribution is 2.24. The summed E-state index contributed by atoms with van der Waals surface area (Å²) in [6, 6.07) is 4.31. The van der Waals surface area contributed by atoms with Crippen molar-refractivity contribution in [2.45, 2.75) is 19.9 Å². The van der Waals surface area contributed by atoms with Crippen LogP contribution in [0.25, 0.3) is 0 Å². The Hall–Kier alpha value is -1.82. The second-order valence-electron chi connectivity index (χ2n) is 5.10. The lowest BCUT2D eigenvalue weighted by Gasteiger charge is -2.36. The van der Waals surface area contributed by atoms with Gasteiger partial charge in [0.2, 0.25) is 0 Å². The topological polar surface area (TPSA) is 57.7 Å². The lowest BCUT2D eigenvalue weighted by atomic mass is 10.1. The maximum absolute atomic E-state index is 11.7. The van der Waals surface area contributed by atoms with Gasteiger partial charge in [0.1, 0.15) is 5.82 Å². The summed E-state index contributed by atoms with van der Waals surface area (Å²) in [5, 5.41) is 3.25. The van der Waals surface area contributed by atoms with Crippen molar-refractivity contribution < 1.29 is 9.53 Å². The number of carbonyl (C=O) groups is 1. The molecule has 1 aliphatic heterocycles. The zero-order valence-electron chi connectivity index (χ0n) is 13.0. The number of aromatic nitrogens is 1. The van der Waals surface area contributed by atoms with E-state index in [0.29, 0.717) is 19.7 Å². The van der Waals surface area contributed by atoms with Crippen LogP contribution in [0.2, 0.25) is 0 Å². The third-order valence-corrected chi connectivity index (χ3v) is 3.82. The molecule has 1 fully saturated rings. The maximum Gasteiger partial charge on any atom is 0.409 e. The molecular weight excluding hydrogens is 268 g/mol. The van der Waals surface area contributed by atoms with E-state index in [1.165, 1.54) is 5.56 Å². The highest BCUT2D eigenvalue weighted by Gasteiger charge is 2.24. The van der Waals surface area contributed by atoms with Crippen LogP contribution in [0.5, 0.6) is 0 Å². The van der Waals surface area contributed by atoms with Crippen molar-refractivity contribution in [2.75, 3.05) is 44.7 Å². The van der Waals surface area contributed by atoms with Gasteiger partial charge in [-0.05, 0) is 27.0 Å². The van der Waals surface area contributed by atoms with E-state index < -0.39 is 0 Å². The minimum absolute atomic E-state index is 0.220. The van der Waals surface area contributed by atoms with E-state index in [0.717, 1.165) is 18.9 Å². The van der Waals surface area contributed by atoms with Crippen LogP contribution in [0, 0.1) is 0 Å². The van der Waals surface area contributed by atoms with Gasteiger partial charge in [-0.15, -0.1) is 0 Å². The average molecular weight is 292 g/mol. The van der Waals surface area contributed by atoms with Gasteiger partial charge in [0.15, 0.2) is 0 Å². The SMILES string of the molecule is CCOC(=O)N1CCN(c2ncccc2C(C)NC)CC1. The van der Waals surface area contributed by atoms with Gasteiger partial charge >= 0.3 is 6.09 Å². The summed E-state index contributed by atoms with van der Waals surface area (Å²) in [7, 11) is 1.94. The number of hydrogen-bond acceptors (Lipinski definition) is 5. The minimum Gasteiger partial charge on any atom is -0.450 e. The lowest BCUT2D eigenvalue weighted by Crippen LogP contribution is -2.49. The Morgan fingerprint density at radius 1 is 1.43 bits per heavy atom. The summed E-state index contributed by atoms with van der Waals surface area (Å²) in [6.07, 6.45) is 1.60. The molecule has 1 N–H and O–H groups in total. The molecule has 1 aromatic rings. The Labute approximate surface area is 126 Å². The van der Waals surface area contributed by atoms with E-state index in [2.05, 4.69) is 28.2 Å². The van der Waals surface area contributed by atoms with Crippen LogP contribution in [-0.4, -0.2) is 55.8 Å². The van der Waals surface area contributed by atoms with Crippen LogP contribution >= 0.6 is 0 Å². The highest BCUT2D eigenvalue weighted by atomic mass is 16.6. The van der Waals surface area contributed by atoms with Gasteiger partial charge < -0.3 is 19.9 Å². The monoisotopic (exact) mass is 292 g/mol. The Kier molecular flexibility index (Phi) is 5.38. The summed E-state index contributed by atoms with van der Waals surface area (Å²) in [5.74, 6) is 1.00. The number of ether oxygens (including phenoxy) is 1. The van der Waals surface area contributed by atoms with Crippen LogP contribution < -0.4 is 10.2 Å². The summed E-state index contributed by atoms with van der Waals surface area (Å²) in [6.45, 7) is 7.26. The number of nitrogens with one attached hydrogen (secondary N) is 1. The molecule has 1 saturated heterocycles. The van der Waals surface area contributed by atoms with Crippen molar-refractivity contribution in [3.8, 4) is 0 Å². The van der Waals surface area contributed by atoms with E-state index in [1.807, 2.05) is 26.2 Å². The third kappa shape index (κ3) is 3.64. The average Bonchev–Trinajstić information content (AvgIpc) is 2.54. The number of rotatable bonds is 4. The standard InChI is InChI=1S/C15H24N4O2/c1-4-21-15(20)19-10-8-18(9-11-19)14-13(12(2)16-3)6-5-7-17-14/h5-7,12,16H,4,8-11H2,1-3H3. The molecule has 6 nitrogen and oxygen atoms in total. The van der Waals surface area contributed by atoms with E-state index >= 15 is 0 Å². The van der Waals surface area contributed by atoms with Gasteiger partial charge in [0.05, 0.1) is 6.61 Å². The summed E-state index contributed by atoms with van der Waals surface area (Å²) in [4.78, 5) is 20.2. The molecule has 2 rings (SSSR count). The molecular formula is C15H24N4O2. The van der Waals surface area contributed by atoms with Crippen molar-refractivity contribution in [1.29, 1.82) is 0 Å². The first kappa shape index (κ1) is 15.6. The molecule has 0 bridgehead atoms. The number of amides is 1. The molecule has 21 heavy (non-hydrogen) atoms. The largest absolute Gasteiger partial charge is 0.450 e. The molecule has 0 saturated carbocycles. The van der Waals surface area contributed by atoms with Crippen molar-refractivity contribution in [3.63, 3.8) is 0 Å². The number of hydrogen-bond donors (Lipinski definition) is 1. The first-order valence-corrected chi connectivity index (χ1v) is 7.46. The fourth-order valence-electron chi connectivity index (χ4n) is 2.48. The maximum atomic E-state index is 11.7. The van der Waals surface area contributed by atoms with Gasteiger partial charge in [-0.2, -0.15) is 0 Å². The zero-order valence-corrected chi connectivity index (χ0v) is 13.0. The first-order valence-electron chi connectivity index (χ1n) is 7.46. The molecule has 0 aliphatic carbocycles. The smallest absolute Gasteiger partial charge is 0.409 e. The van der Waals surface area contributed by atoms with Crippen LogP contribution in [0.15, 0.2) is 18.3 Å². The normalized spacial score (nSPS) is 16.7. The summed E-state index contributed by atoms with van der Waals surface area (Å²) < 4.78 is 5.04. The number of piperazine rings is 1. The Balaban J connectivity index is 2.04. The first-order chi connectivity index (χ1) is 10.2. The second kappa shape index (κ2) is 7.26. The van der Waals surface area contributed by atoms with E-state index in [9.17, 15) is 4.79 Å². The molecule has 0 aromatic carbocycles. The van der Waals surface area contributed by atoms with Crippen LogP contribution in [0.1, 0.15) is 25.5 Å². The number of carbonyl (C=O) groups excluding carboxylic acids is 1. The van der Waals surface area contributed by atoms with Crippen molar-refractivity contribution >= 4 is 11.9 Å². The van der Waals surface area contributed by atoms with E-state index in [-0.39, 0.29) is 12.1 Å². The van der Waals surface area contributed by atoms with Gasteiger partial charge in [0.25, 0.3) is 0 Å². The molecule has 1 unspecified atom stereocenters. The van der Waals surface area contributed by atoms with Crippen molar-refractivity contribution in [2.24, 2.45) is 0 Å². The molecule has 1 amide bonds. The van der Waals surface area contributed by atoms with Gasteiger partial charge in [-0.25, -0.2) is 9.78 Å². The minimum atomic E-state index is -0.220. The molecule has 0 radical (unpaired) electrons. The molecule has 6 heteroatoms. The van der Waals surface area contributed by atoms with E-state index in [1.54, 1.807) is 4.90 Å². The summed E-state index contributed by atoms with van der Waals surface area (Å²) >= 11 is 0. The lowest BCUT2D eigenvalue weighted by molar-refractivity contribution is 0.105. The Morgan fingerprint density at radius 2 is 2.14 bits per heavy atom. The fourth-order valence-corrected chi connectivity index (χ4v) is 2.48. The molecule has 0 spiro atoms. The quantitative estimate of drug-likeness (QED) is 0.914. The van der Waals surface area contributed by atoms with Crippen LogP contribution in [0.4, 0.5) is 10.6 Å². The van der Waals surface area contributed by atoms with Crippen molar-refractivity contribution in [3.05, 3.63) is 23.9 Å². The Bertz CT molecular complexity index is 472. The second-order valence-corrected chi connectivity index (χ2v) is 5.10. The summed E-state index contributed by atoms with van der Waals surface area (Å²) in [5.41, 5.74) is 1.18. The van der Waals surface area contributed by atoms with Crippen LogP contribution in [0.3, 0.4) is 0 Å². The Morgan fingerprint density at radius 3 is 2.76 bits per heavy atom. The van der Waals surface area contributed by atoms with Crippen LogP contribution in [-0.2, 0) is 4.74 Å². The number of nitrogens with zero attached hydrogens (tertiary/aromatic N) is 3. The van der Waals surface area contributed by atoms with E-state index in [4.69, 9.17) is 4.74 Å².